The first-order valence-electron chi connectivity index (χ1n) is 9.14. The third-order valence-corrected chi connectivity index (χ3v) is 5.81. The molecule has 6 nitrogen and oxygen atoms in total. The predicted octanol–water partition coefficient (Wildman–Crippen LogP) is 3.85. The largest absolute Gasteiger partial charge is 0.350 e. The average Bonchev–Trinajstić information content (AvgIpc) is 3.30. The number of anilines is 1. The highest BCUT2D eigenvalue weighted by molar-refractivity contribution is 7.98. The van der Waals surface area contributed by atoms with Crippen LogP contribution in [0.2, 0.25) is 5.02 Å². The minimum atomic E-state index is -0.257. The van der Waals surface area contributed by atoms with E-state index in [2.05, 4.69) is 15.7 Å². The lowest BCUT2D eigenvalue weighted by atomic mass is 10.2. The first-order valence-corrected chi connectivity index (χ1v) is 10.7. The van der Waals surface area contributed by atoms with Crippen LogP contribution in [0.15, 0.2) is 54.6 Å². The Morgan fingerprint density at radius 2 is 1.83 bits per heavy atom. The normalized spacial score (nSPS) is 12.4. The van der Waals surface area contributed by atoms with E-state index in [0.717, 1.165) is 28.3 Å². The van der Waals surface area contributed by atoms with E-state index in [4.69, 9.17) is 11.6 Å². The molecule has 0 unspecified atom stereocenters. The molecule has 1 aliphatic rings. The molecule has 0 spiro atoms. The van der Waals surface area contributed by atoms with Gasteiger partial charge in [0.1, 0.15) is 12.4 Å². The number of thioether (sulfide) groups is 1. The summed E-state index contributed by atoms with van der Waals surface area (Å²) in [7, 11) is 0. The molecule has 0 radical (unpaired) electrons. The van der Waals surface area contributed by atoms with Gasteiger partial charge in [0, 0.05) is 34.2 Å². The Morgan fingerprint density at radius 1 is 1.07 bits per heavy atom. The molecule has 29 heavy (non-hydrogen) atoms. The molecule has 1 aliphatic heterocycles. The minimum absolute atomic E-state index is 0.0424. The van der Waals surface area contributed by atoms with Crippen molar-refractivity contribution < 1.29 is 9.59 Å². The lowest BCUT2D eigenvalue weighted by molar-refractivity contribution is -0.122. The van der Waals surface area contributed by atoms with Crippen LogP contribution in [0.5, 0.6) is 0 Å². The Morgan fingerprint density at radius 3 is 2.59 bits per heavy atom. The van der Waals surface area contributed by atoms with Gasteiger partial charge < -0.3 is 10.6 Å². The third kappa shape index (κ3) is 4.63. The number of hydrogen-bond acceptors (Lipinski definition) is 4. The molecule has 3 aromatic rings. The maximum atomic E-state index is 12.7. The summed E-state index contributed by atoms with van der Waals surface area (Å²) >= 11 is 7.64. The first-order chi connectivity index (χ1) is 14.1. The number of halogens is 1. The highest BCUT2D eigenvalue weighted by Gasteiger charge is 2.25. The molecule has 4 rings (SSSR count). The third-order valence-electron chi connectivity index (χ3n) is 4.58. The monoisotopic (exact) mass is 426 g/mol. The van der Waals surface area contributed by atoms with Crippen LogP contribution in [0.4, 0.5) is 5.82 Å². The second-order valence-electron chi connectivity index (χ2n) is 6.65. The van der Waals surface area contributed by atoms with Gasteiger partial charge in [0.15, 0.2) is 0 Å². The van der Waals surface area contributed by atoms with Gasteiger partial charge in [0.2, 0.25) is 5.91 Å². The molecule has 0 fully saturated rings. The number of carbonyl (C=O) groups excluding carboxylic acids is 2. The first kappa shape index (κ1) is 19.5. The van der Waals surface area contributed by atoms with E-state index in [1.807, 2.05) is 30.3 Å². The Labute approximate surface area is 177 Å². The van der Waals surface area contributed by atoms with Gasteiger partial charge in [-0.1, -0.05) is 41.9 Å². The fourth-order valence-corrected chi connectivity index (χ4v) is 4.25. The molecular weight excluding hydrogens is 408 g/mol. The predicted molar refractivity (Wildman–Crippen MR) is 115 cm³/mol. The molecule has 1 aromatic heterocycles. The summed E-state index contributed by atoms with van der Waals surface area (Å²) < 4.78 is 1.58. The van der Waals surface area contributed by atoms with Crippen LogP contribution in [-0.4, -0.2) is 21.6 Å². The molecule has 2 amide bonds. The van der Waals surface area contributed by atoms with E-state index in [1.54, 1.807) is 40.7 Å². The zero-order valence-corrected chi connectivity index (χ0v) is 17.1. The fraction of sp³-hybridized carbons (Fsp3) is 0.190. The van der Waals surface area contributed by atoms with Crippen molar-refractivity contribution in [3.05, 3.63) is 82.0 Å². The SMILES string of the molecule is O=C(Cn1nc2c(c1NC(=O)c1ccc(Cl)cc1)CSC2)NCc1ccccc1. The van der Waals surface area contributed by atoms with Crippen molar-refractivity contribution in [2.75, 3.05) is 5.32 Å². The van der Waals surface area contributed by atoms with E-state index in [0.29, 0.717) is 22.9 Å². The number of fused-ring (bicyclic) bond motifs is 1. The topological polar surface area (TPSA) is 76.0 Å². The van der Waals surface area contributed by atoms with E-state index >= 15 is 0 Å². The molecule has 148 valence electrons. The van der Waals surface area contributed by atoms with Gasteiger partial charge in [-0.2, -0.15) is 16.9 Å². The van der Waals surface area contributed by atoms with Crippen molar-refractivity contribution in [1.29, 1.82) is 0 Å². The van der Waals surface area contributed by atoms with Crippen LogP contribution in [0.25, 0.3) is 0 Å². The van der Waals surface area contributed by atoms with Gasteiger partial charge in [-0.3, -0.25) is 9.59 Å². The maximum Gasteiger partial charge on any atom is 0.256 e. The highest BCUT2D eigenvalue weighted by Crippen LogP contribution is 2.34. The van der Waals surface area contributed by atoms with Gasteiger partial charge in [-0.05, 0) is 29.8 Å². The summed E-state index contributed by atoms with van der Waals surface area (Å²) in [6.07, 6.45) is 0. The summed E-state index contributed by atoms with van der Waals surface area (Å²) in [5, 5.41) is 10.9. The Balaban J connectivity index is 1.48. The van der Waals surface area contributed by atoms with Crippen LogP contribution in [0.3, 0.4) is 0 Å². The molecule has 0 aliphatic carbocycles. The molecule has 0 saturated carbocycles. The number of carbonyl (C=O) groups is 2. The summed E-state index contributed by atoms with van der Waals surface area (Å²) in [4.78, 5) is 25.1. The zero-order chi connectivity index (χ0) is 20.2. The van der Waals surface area contributed by atoms with Crippen molar-refractivity contribution in [3.8, 4) is 0 Å². The molecule has 2 heterocycles. The second kappa shape index (κ2) is 8.71. The fourth-order valence-electron chi connectivity index (χ4n) is 3.09. The molecule has 2 N–H and O–H groups in total. The number of aromatic nitrogens is 2. The summed E-state index contributed by atoms with van der Waals surface area (Å²) in [5.41, 5.74) is 3.41. The van der Waals surface area contributed by atoms with Crippen LogP contribution in [-0.2, 0) is 29.4 Å². The maximum absolute atomic E-state index is 12.7. The van der Waals surface area contributed by atoms with Crippen molar-refractivity contribution in [2.24, 2.45) is 0 Å². The van der Waals surface area contributed by atoms with Crippen LogP contribution < -0.4 is 10.6 Å². The number of rotatable bonds is 6. The Bertz CT molecular complexity index is 1030. The van der Waals surface area contributed by atoms with Gasteiger partial charge in [0.05, 0.1) is 5.69 Å². The van der Waals surface area contributed by atoms with Crippen molar-refractivity contribution in [3.63, 3.8) is 0 Å². The van der Waals surface area contributed by atoms with E-state index in [1.165, 1.54) is 0 Å². The number of amides is 2. The van der Waals surface area contributed by atoms with Gasteiger partial charge in [-0.15, -0.1) is 0 Å². The van der Waals surface area contributed by atoms with Gasteiger partial charge >= 0.3 is 0 Å². The molecule has 0 atom stereocenters. The number of nitrogens with one attached hydrogen (secondary N) is 2. The summed E-state index contributed by atoms with van der Waals surface area (Å²) in [5.74, 6) is 1.70. The summed E-state index contributed by atoms with van der Waals surface area (Å²) in [6, 6.07) is 16.4. The van der Waals surface area contributed by atoms with E-state index in [-0.39, 0.29) is 18.4 Å². The quantitative estimate of drug-likeness (QED) is 0.627. The van der Waals surface area contributed by atoms with E-state index in [9.17, 15) is 9.59 Å². The lowest BCUT2D eigenvalue weighted by Crippen LogP contribution is -2.28. The molecular formula is C21H19ClN4O2S. The molecule has 2 aromatic carbocycles. The molecule has 0 bridgehead atoms. The Hall–Kier alpha value is -2.77. The molecule has 0 saturated heterocycles. The van der Waals surface area contributed by atoms with Crippen molar-refractivity contribution >= 4 is 41.0 Å². The number of nitrogens with zero attached hydrogens (tertiary/aromatic N) is 2. The standard InChI is InChI=1S/C21H19ClN4O2S/c22-16-8-6-15(7-9-16)21(28)24-20-17-12-29-13-18(17)25-26(20)11-19(27)23-10-14-4-2-1-3-5-14/h1-9H,10-13H2,(H,23,27)(H,24,28). The number of hydrogen-bond donors (Lipinski definition) is 2. The van der Waals surface area contributed by atoms with Crippen LogP contribution >= 0.6 is 23.4 Å². The van der Waals surface area contributed by atoms with E-state index < -0.39 is 0 Å². The van der Waals surface area contributed by atoms with Crippen LogP contribution in [0.1, 0.15) is 27.2 Å². The number of benzene rings is 2. The average molecular weight is 427 g/mol. The highest BCUT2D eigenvalue weighted by atomic mass is 35.5. The van der Waals surface area contributed by atoms with Gasteiger partial charge in [-0.25, -0.2) is 4.68 Å². The van der Waals surface area contributed by atoms with Crippen molar-refractivity contribution in [1.82, 2.24) is 15.1 Å². The zero-order valence-electron chi connectivity index (χ0n) is 15.5. The molecule has 8 heteroatoms. The van der Waals surface area contributed by atoms with Gasteiger partial charge in [0.25, 0.3) is 5.91 Å². The summed E-state index contributed by atoms with van der Waals surface area (Å²) in [6.45, 7) is 0.490. The smallest absolute Gasteiger partial charge is 0.256 e. The minimum Gasteiger partial charge on any atom is -0.350 e. The second-order valence-corrected chi connectivity index (χ2v) is 8.07. The van der Waals surface area contributed by atoms with Crippen molar-refractivity contribution in [2.45, 2.75) is 24.6 Å². The lowest BCUT2D eigenvalue weighted by Gasteiger charge is -2.11. The Kier molecular flexibility index (Phi) is 5.87. The van der Waals surface area contributed by atoms with Crippen LogP contribution in [0, 0.1) is 0 Å².